The van der Waals surface area contributed by atoms with Gasteiger partial charge in [0.05, 0.1) is 18.8 Å². The van der Waals surface area contributed by atoms with Crippen LogP contribution < -0.4 is 0 Å². The quantitative estimate of drug-likeness (QED) is 0.0451. The molecule has 3 rings (SSSR count). The highest BCUT2D eigenvalue weighted by Crippen LogP contribution is 2.56. The van der Waals surface area contributed by atoms with E-state index in [0.717, 1.165) is 82.5 Å². The maximum atomic E-state index is 6.44. The average Bonchev–Trinajstić information content (AvgIpc) is 3.85. The zero-order valence-electron chi connectivity index (χ0n) is 45.7. The summed E-state index contributed by atoms with van der Waals surface area (Å²) < 4.78 is 25.1. The predicted molar refractivity (Wildman–Crippen MR) is 289 cm³/mol. The van der Waals surface area contributed by atoms with E-state index in [9.17, 15) is 0 Å². The molecule has 0 spiro atoms. The average molecular weight is 929 g/mol. The largest absolute Gasteiger partial charge is 0.381 e. The van der Waals surface area contributed by atoms with E-state index in [-0.39, 0.29) is 7.53 Å². The van der Waals surface area contributed by atoms with Crippen molar-refractivity contribution in [2.45, 2.75) is 279 Å². The van der Waals surface area contributed by atoms with E-state index in [4.69, 9.17) is 18.9 Å². The first-order valence-electron chi connectivity index (χ1n) is 29.5. The predicted octanol–water partition coefficient (Wildman–Crippen LogP) is 17.9. The Morgan fingerprint density at radius 2 is 1.30 bits per heavy atom. The van der Waals surface area contributed by atoms with Crippen LogP contribution >= 0.6 is 0 Å². The molecule has 2 aliphatic carbocycles. The highest BCUT2D eigenvalue weighted by atomic mass is 16.5. The summed E-state index contributed by atoms with van der Waals surface area (Å²) in [4.78, 5) is 2.60. The second kappa shape index (κ2) is 37.1. The van der Waals surface area contributed by atoms with Crippen LogP contribution in [0.5, 0.6) is 0 Å². The van der Waals surface area contributed by atoms with Crippen LogP contribution in [0, 0.1) is 34.5 Å². The molecule has 0 aromatic carbocycles. The van der Waals surface area contributed by atoms with Crippen LogP contribution in [0.1, 0.15) is 262 Å². The van der Waals surface area contributed by atoms with Crippen molar-refractivity contribution in [3.63, 3.8) is 0 Å². The summed E-state index contributed by atoms with van der Waals surface area (Å²) in [5.41, 5.74) is 1.05. The van der Waals surface area contributed by atoms with Crippen molar-refractivity contribution >= 4 is 0 Å². The standard InChI is InChI=1S/C61H115NO4.H2/c1-9-11-12-13-14-15-16-17-18-19-20-21-22-23-24-25-26-27-46-64-52-58(51-62-45-29-36-55(62)6)66-50-32-48-63-47-31-49-65-57-39-43-60(7,44-40-57)41-30-42-61(8)56(33-10-2)37-38-59(61)54(5)35-28-34-53(3)4;/h14-15,17-18,53-59H,9-13,16,19-52H2,1-8H3;1H/b15-14-,18-17-;/t54-,55?,56-,57?,58?,59-,60?,61+;/m1./s1. The van der Waals surface area contributed by atoms with Gasteiger partial charge in [-0.05, 0) is 164 Å². The molecule has 1 saturated heterocycles. The number of unbranched alkanes of at least 4 members (excludes halogenated alkanes) is 11. The Morgan fingerprint density at radius 1 is 0.636 bits per heavy atom. The molecule has 0 bridgehead atoms. The second-order valence-electron chi connectivity index (χ2n) is 23.4. The number of nitrogens with zero attached hydrogens (tertiary/aromatic N) is 1. The van der Waals surface area contributed by atoms with Crippen LogP contribution in [0.3, 0.4) is 0 Å². The number of likely N-dealkylation sites (tertiary alicyclic amines) is 1. The van der Waals surface area contributed by atoms with E-state index in [1.54, 1.807) is 0 Å². The fraction of sp³-hybridized carbons (Fsp3) is 0.934. The van der Waals surface area contributed by atoms with Crippen molar-refractivity contribution in [3.8, 4) is 0 Å². The Hall–Kier alpha value is -0.720. The number of allylic oxidation sites excluding steroid dienone is 4. The molecule has 3 fully saturated rings. The van der Waals surface area contributed by atoms with Gasteiger partial charge in [0.1, 0.15) is 0 Å². The van der Waals surface area contributed by atoms with Crippen molar-refractivity contribution < 1.29 is 20.4 Å². The molecule has 0 aromatic rings. The van der Waals surface area contributed by atoms with Crippen LogP contribution in [-0.4, -0.2) is 75.9 Å². The van der Waals surface area contributed by atoms with Gasteiger partial charge in [0, 0.05) is 47.0 Å². The van der Waals surface area contributed by atoms with Crippen molar-refractivity contribution in [1.29, 1.82) is 0 Å². The van der Waals surface area contributed by atoms with Crippen LogP contribution in [0.4, 0.5) is 0 Å². The van der Waals surface area contributed by atoms with E-state index in [1.165, 1.54) is 193 Å². The lowest BCUT2D eigenvalue weighted by Crippen LogP contribution is -2.38. The molecule has 2 saturated carbocycles. The molecular formula is C61H117NO4. The second-order valence-corrected chi connectivity index (χ2v) is 23.4. The molecule has 0 N–H and O–H groups in total. The van der Waals surface area contributed by atoms with Gasteiger partial charge < -0.3 is 18.9 Å². The van der Waals surface area contributed by atoms with Crippen LogP contribution in [0.2, 0.25) is 0 Å². The number of ether oxygens (including phenoxy) is 4. The Labute approximate surface area is 414 Å². The Bertz CT molecular complexity index is 1190. The summed E-state index contributed by atoms with van der Waals surface area (Å²) in [5.74, 6) is 3.59. The van der Waals surface area contributed by atoms with Gasteiger partial charge in [-0.3, -0.25) is 4.90 Å². The monoisotopic (exact) mass is 928 g/mol. The first-order chi connectivity index (χ1) is 32.1. The molecule has 5 heteroatoms. The molecule has 2 unspecified atom stereocenters. The summed E-state index contributed by atoms with van der Waals surface area (Å²) >= 11 is 0. The van der Waals surface area contributed by atoms with Crippen molar-refractivity contribution in [2.24, 2.45) is 34.5 Å². The summed E-state index contributed by atoms with van der Waals surface area (Å²) in [6, 6.07) is 0.656. The summed E-state index contributed by atoms with van der Waals surface area (Å²) in [5, 5.41) is 0. The summed E-state index contributed by atoms with van der Waals surface area (Å²) in [6.45, 7) is 26.6. The highest BCUT2D eigenvalue weighted by molar-refractivity contribution is 4.97. The van der Waals surface area contributed by atoms with Crippen molar-refractivity contribution in [3.05, 3.63) is 24.3 Å². The minimum atomic E-state index is 0. The molecule has 5 nitrogen and oxygen atoms in total. The van der Waals surface area contributed by atoms with Gasteiger partial charge in [-0.25, -0.2) is 0 Å². The molecule has 0 amide bonds. The Balaban J connectivity index is 0.0000154. The molecular weight excluding hydrogens is 811 g/mol. The van der Waals surface area contributed by atoms with E-state index < -0.39 is 0 Å². The lowest BCUT2D eigenvalue weighted by atomic mass is 9.63. The Kier molecular flexibility index (Phi) is 33.5. The molecule has 1 heterocycles. The minimum absolute atomic E-state index is 0. The van der Waals surface area contributed by atoms with E-state index >= 15 is 0 Å². The van der Waals surface area contributed by atoms with Gasteiger partial charge in [-0.2, -0.15) is 0 Å². The van der Waals surface area contributed by atoms with Crippen molar-refractivity contribution in [2.75, 3.05) is 52.7 Å². The number of hydrogen-bond acceptors (Lipinski definition) is 5. The first kappa shape index (κ1) is 59.6. The zero-order valence-corrected chi connectivity index (χ0v) is 45.7. The molecule has 3 aliphatic rings. The van der Waals surface area contributed by atoms with Gasteiger partial charge in [-0.1, -0.05) is 163 Å². The fourth-order valence-corrected chi connectivity index (χ4v) is 12.5. The lowest BCUT2D eigenvalue weighted by molar-refractivity contribution is -0.0409. The van der Waals surface area contributed by atoms with Crippen LogP contribution in [-0.2, 0) is 18.9 Å². The third-order valence-corrected chi connectivity index (χ3v) is 17.0. The normalized spacial score (nSPS) is 26.2. The van der Waals surface area contributed by atoms with Gasteiger partial charge in [0.15, 0.2) is 0 Å². The topological polar surface area (TPSA) is 40.2 Å². The van der Waals surface area contributed by atoms with Gasteiger partial charge in [0.2, 0.25) is 0 Å². The van der Waals surface area contributed by atoms with E-state index in [2.05, 4.69) is 84.6 Å². The third-order valence-electron chi connectivity index (χ3n) is 17.0. The maximum absolute atomic E-state index is 6.44. The molecule has 0 radical (unpaired) electrons. The third kappa shape index (κ3) is 25.9. The van der Waals surface area contributed by atoms with Gasteiger partial charge in [0.25, 0.3) is 0 Å². The van der Waals surface area contributed by atoms with Crippen molar-refractivity contribution in [1.82, 2.24) is 4.90 Å². The van der Waals surface area contributed by atoms with Crippen LogP contribution in [0.15, 0.2) is 24.3 Å². The lowest BCUT2D eigenvalue weighted by Gasteiger charge is -2.42. The summed E-state index contributed by atoms with van der Waals surface area (Å²) in [6.07, 6.45) is 52.2. The zero-order chi connectivity index (χ0) is 47.6. The van der Waals surface area contributed by atoms with Gasteiger partial charge in [-0.15, -0.1) is 0 Å². The van der Waals surface area contributed by atoms with E-state index in [0.29, 0.717) is 29.6 Å². The summed E-state index contributed by atoms with van der Waals surface area (Å²) in [7, 11) is 0. The van der Waals surface area contributed by atoms with Gasteiger partial charge >= 0.3 is 0 Å². The molecule has 1 aliphatic heterocycles. The molecule has 0 aromatic heterocycles. The van der Waals surface area contributed by atoms with E-state index in [1.807, 2.05) is 0 Å². The first-order valence-corrected chi connectivity index (χ1v) is 29.5. The molecule has 66 heavy (non-hydrogen) atoms. The smallest absolute Gasteiger partial charge is 0.0935 e. The van der Waals surface area contributed by atoms with Crippen LogP contribution in [0.25, 0.3) is 0 Å². The highest BCUT2D eigenvalue weighted by Gasteiger charge is 2.47. The number of hydrogen-bond donors (Lipinski definition) is 0. The maximum Gasteiger partial charge on any atom is 0.0935 e. The minimum Gasteiger partial charge on any atom is -0.381 e. The SMILES string of the molecule is CCCCC/C=C\C/C=C\CCCCCCCCCCOCC(CN1CCCC1C)OCCCOCCCOC1CCC(C)(CCC[C@@]2(C)[C@H](CCC)CC[C@@H]2[C@H](C)CCCC(C)C)CC1.[HH]. The molecule has 390 valence electrons. The molecule has 6 atom stereocenters. The number of rotatable bonds is 42. The Morgan fingerprint density at radius 3 is 1.97 bits per heavy atom. The fourth-order valence-electron chi connectivity index (χ4n) is 12.5.